The van der Waals surface area contributed by atoms with Crippen molar-refractivity contribution in [2.45, 2.75) is 33.2 Å². The van der Waals surface area contributed by atoms with Crippen LogP contribution in [0.25, 0.3) is 0 Å². The van der Waals surface area contributed by atoms with Crippen LogP contribution in [-0.4, -0.2) is 35.1 Å². The molecule has 0 bridgehead atoms. The Labute approximate surface area is 175 Å². The zero-order valence-electron chi connectivity index (χ0n) is 17.2. The first kappa shape index (κ1) is 21.4. The molecule has 1 saturated heterocycles. The maximum Gasteiger partial charge on any atom is 0.320 e. The molecule has 2 amide bonds. The number of likely N-dealkylation sites (tertiary alicyclic amines) is 1. The van der Waals surface area contributed by atoms with E-state index in [2.05, 4.69) is 0 Å². The molecule has 30 heavy (non-hydrogen) atoms. The Morgan fingerprint density at radius 2 is 1.57 bits per heavy atom. The van der Waals surface area contributed by atoms with Crippen LogP contribution in [0.15, 0.2) is 60.7 Å². The van der Waals surface area contributed by atoms with Gasteiger partial charge in [-0.05, 0) is 31.4 Å². The van der Waals surface area contributed by atoms with Gasteiger partial charge in [-0.15, -0.1) is 0 Å². The summed E-state index contributed by atoms with van der Waals surface area (Å²) in [7, 11) is 0. The number of hydrogen-bond donors (Lipinski definition) is 0. The normalized spacial score (nSPS) is 18.2. The molecule has 0 aromatic heterocycles. The van der Waals surface area contributed by atoms with E-state index < -0.39 is 34.9 Å². The fourth-order valence-electron chi connectivity index (χ4n) is 4.03. The summed E-state index contributed by atoms with van der Waals surface area (Å²) in [5, 5.41) is 0. The molecule has 156 valence electrons. The van der Waals surface area contributed by atoms with E-state index in [4.69, 9.17) is 4.74 Å². The maximum atomic E-state index is 13.3. The molecular weight excluding hydrogens is 382 g/mol. The maximum absolute atomic E-state index is 13.3. The number of hydrogen-bond acceptors (Lipinski definition) is 5. The van der Waals surface area contributed by atoms with Gasteiger partial charge in [-0.3, -0.25) is 24.1 Å². The highest BCUT2D eigenvalue weighted by Gasteiger charge is 2.59. The van der Waals surface area contributed by atoms with Gasteiger partial charge in [0.1, 0.15) is 11.2 Å². The number of nitrogens with zero attached hydrogens (tertiary/aromatic N) is 1. The molecule has 0 N–H and O–H groups in total. The average Bonchev–Trinajstić information content (AvgIpc) is 3.02. The van der Waals surface area contributed by atoms with Gasteiger partial charge in [-0.25, -0.2) is 0 Å². The number of esters is 1. The minimum absolute atomic E-state index is 0.00483. The number of ketones is 1. The van der Waals surface area contributed by atoms with Gasteiger partial charge < -0.3 is 4.74 Å². The molecular formula is C24H25NO5. The lowest BCUT2D eigenvalue weighted by Crippen LogP contribution is -2.50. The fourth-order valence-corrected chi connectivity index (χ4v) is 4.03. The second kappa shape index (κ2) is 9.03. The van der Waals surface area contributed by atoms with Gasteiger partial charge in [-0.2, -0.15) is 0 Å². The Hall–Kier alpha value is -3.28. The Balaban J connectivity index is 2.00. The Morgan fingerprint density at radius 3 is 2.10 bits per heavy atom. The molecule has 3 rings (SSSR count). The van der Waals surface area contributed by atoms with Crippen LogP contribution in [0.5, 0.6) is 0 Å². The fraction of sp³-hybridized carbons (Fsp3) is 0.333. The molecule has 6 heteroatoms. The van der Waals surface area contributed by atoms with Crippen molar-refractivity contribution >= 4 is 23.6 Å². The molecule has 2 aromatic rings. The number of carbonyl (C=O) groups is 4. The lowest BCUT2D eigenvalue weighted by atomic mass is 9.67. The topological polar surface area (TPSA) is 80.8 Å². The van der Waals surface area contributed by atoms with Crippen molar-refractivity contribution in [3.8, 4) is 0 Å². The van der Waals surface area contributed by atoms with Crippen molar-refractivity contribution in [2.75, 3.05) is 6.61 Å². The van der Waals surface area contributed by atoms with Gasteiger partial charge in [0.25, 0.3) is 0 Å². The van der Waals surface area contributed by atoms with Gasteiger partial charge in [0.2, 0.25) is 11.8 Å². The number of ether oxygens (including phenoxy) is 1. The highest BCUT2D eigenvalue weighted by Crippen LogP contribution is 2.42. The number of amides is 2. The molecule has 1 aliphatic heterocycles. The van der Waals surface area contributed by atoms with Crippen LogP contribution in [0, 0.1) is 11.3 Å². The summed E-state index contributed by atoms with van der Waals surface area (Å²) in [6.45, 7) is 3.12. The minimum Gasteiger partial charge on any atom is -0.465 e. The van der Waals surface area contributed by atoms with E-state index in [1.165, 1.54) is 6.92 Å². The van der Waals surface area contributed by atoms with E-state index >= 15 is 0 Å². The molecule has 0 aliphatic carbocycles. The summed E-state index contributed by atoms with van der Waals surface area (Å²) in [5.41, 5.74) is -0.217. The Morgan fingerprint density at radius 1 is 1.00 bits per heavy atom. The van der Waals surface area contributed by atoms with Crippen molar-refractivity contribution in [3.63, 3.8) is 0 Å². The van der Waals surface area contributed by atoms with Crippen LogP contribution in [0.3, 0.4) is 0 Å². The van der Waals surface area contributed by atoms with Crippen molar-refractivity contribution in [2.24, 2.45) is 11.3 Å². The molecule has 2 unspecified atom stereocenters. The second-order valence-electron chi connectivity index (χ2n) is 7.47. The first-order valence-corrected chi connectivity index (χ1v) is 10.0. The number of imide groups is 1. The lowest BCUT2D eigenvalue weighted by Gasteiger charge is -2.33. The predicted octanol–water partition coefficient (Wildman–Crippen LogP) is 2.94. The first-order chi connectivity index (χ1) is 14.4. The smallest absolute Gasteiger partial charge is 0.320 e. The Bertz CT molecular complexity index is 941. The first-order valence-electron chi connectivity index (χ1n) is 10.0. The average molecular weight is 407 g/mol. The van der Waals surface area contributed by atoms with E-state index in [9.17, 15) is 19.2 Å². The summed E-state index contributed by atoms with van der Waals surface area (Å²) in [6, 6.07) is 18.2. The summed E-state index contributed by atoms with van der Waals surface area (Å²) >= 11 is 0. The summed E-state index contributed by atoms with van der Waals surface area (Å²) < 4.78 is 5.25. The van der Waals surface area contributed by atoms with Gasteiger partial charge >= 0.3 is 5.97 Å². The van der Waals surface area contributed by atoms with Crippen LogP contribution in [0.4, 0.5) is 0 Å². The van der Waals surface area contributed by atoms with E-state index in [0.29, 0.717) is 0 Å². The molecule has 1 aliphatic rings. The van der Waals surface area contributed by atoms with Crippen LogP contribution in [-0.2, 0) is 36.9 Å². The summed E-state index contributed by atoms with van der Waals surface area (Å²) in [4.78, 5) is 53.2. The third-order valence-corrected chi connectivity index (χ3v) is 5.62. The molecule has 1 fully saturated rings. The molecule has 1 heterocycles. The number of Topliss-reactive ketones (excluding diaryl/α,β-unsaturated/α-hetero) is 1. The quantitative estimate of drug-likeness (QED) is 0.382. The van der Waals surface area contributed by atoms with Crippen LogP contribution < -0.4 is 0 Å². The SMILES string of the molecule is CCOC(=O)C(Cc1ccccc1)(C(C)=O)C1CC(=O)N(Cc2ccccc2)C1=O. The lowest BCUT2D eigenvalue weighted by molar-refractivity contribution is -0.167. The van der Waals surface area contributed by atoms with Crippen molar-refractivity contribution in [1.82, 2.24) is 4.90 Å². The Kier molecular flexibility index (Phi) is 6.45. The molecule has 6 nitrogen and oxygen atoms in total. The monoisotopic (exact) mass is 407 g/mol. The van der Waals surface area contributed by atoms with E-state index in [1.807, 2.05) is 36.4 Å². The highest BCUT2D eigenvalue weighted by atomic mass is 16.5. The standard InChI is InChI=1S/C24H25NO5/c1-3-30-23(29)24(17(2)26,15-18-10-6-4-7-11-18)20-14-21(27)25(22(20)28)16-19-12-8-5-9-13-19/h4-13,20H,3,14-16H2,1-2H3. The van der Waals surface area contributed by atoms with Gasteiger partial charge in [0.15, 0.2) is 0 Å². The molecule has 0 radical (unpaired) electrons. The molecule has 2 atom stereocenters. The third kappa shape index (κ3) is 4.03. The minimum atomic E-state index is -1.74. The summed E-state index contributed by atoms with van der Waals surface area (Å²) in [6.07, 6.45) is -0.193. The third-order valence-electron chi connectivity index (χ3n) is 5.62. The number of rotatable bonds is 8. The number of carbonyl (C=O) groups excluding carboxylic acids is 4. The predicted molar refractivity (Wildman–Crippen MR) is 110 cm³/mol. The number of benzene rings is 2. The van der Waals surface area contributed by atoms with Crippen molar-refractivity contribution in [3.05, 3.63) is 71.8 Å². The molecule has 0 saturated carbocycles. The second-order valence-corrected chi connectivity index (χ2v) is 7.47. The van der Waals surface area contributed by atoms with Crippen molar-refractivity contribution in [1.29, 1.82) is 0 Å². The van der Waals surface area contributed by atoms with E-state index in [-0.39, 0.29) is 26.0 Å². The van der Waals surface area contributed by atoms with Crippen LogP contribution >= 0.6 is 0 Å². The molecule has 2 aromatic carbocycles. The van der Waals surface area contributed by atoms with Crippen LogP contribution in [0.1, 0.15) is 31.4 Å². The van der Waals surface area contributed by atoms with E-state index in [1.54, 1.807) is 31.2 Å². The van der Waals surface area contributed by atoms with Gasteiger partial charge in [0, 0.05) is 6.42 Å². The van der Waals surface area contributed by atoms with E-state index in [0.717, 1.165) is 16.0 Å². The highest BCUT2D eigenvalue weighted by molar-refractivity contribution is 6.12. The molecule has 0 spiro atoms. The van der Waals surface area contributed by atoms with Crippen LogP contribution in [0.2, 0.25) is 0 Å². The largest absolute Gasteiger partial charge is 0.465 e. The summed E-state index contributed by atoms with van der Waals surface area (Å²) in [5.74, 6) is -3.23. The van der Waals surface area contributed by atoms with Gasteiger partial charge in [0.05, 0.1) is 19.1 Å². The van der Waals surface area contributed by atoms with Gasteiger partial charge in [-0.1, -0.05) is 60.7 Å². The zero-order valence-corrected chi connectivity index (χ0v) is 17.2. The van der Waals surface area contributed by atoms with Crippen molar-refractivity contribution < 1.29 is 23.9 Å². The zero-order chi connectivity index (χ0) is 21.7.